The zero-order valence-electron chi connectivity index (χ0n) is 19.6. The van der Waals surface area contributed by atoms with Crippen LogP contribution in [0, 0.1) is 21.4 Å². The van der Waals surface area contributed by atoms with Crippen LogP contribution in [0.4, 0.5) is 18.9 Å². The first-order valence-electron chi connectivity index (χ1n) is 11.2. The molecule has 3 aromatic carbocycles. The summed E-state index contributed by atoms with van der Waals surface area (Å²) in [7, 11) is 0. The molecule has 0 unspecified atom stereocenters. The summed E-state index contributed by atoms with van der Waals surface area (Å²) in [6.07, 6.45) is -0.929. The third kappa shape index (κ3) is 5.99. The highest BCUT2D eigenvalue weighted by Crippen LogP contribution is 2.37. The minimum Gasteiger partial charge on any atom is -0.450 e. The van der Waals surface area contributed by atoms with Gasteiger partial charge in [0, 0.05) is 29.7 Å². The lowest BCUT2D eigenvalue weighted by atomic mass is 10.1. The van der Waals surface area contributed by atoms with E-state index in [0.29, 0.717) is 30.7 Å². The van der Waals surface area contributed by atoms with Crippen molar-refractivity contribution in [2.75, 3.05) is 6.54 Å². The Balaban J connectivity index is 1.41. The summed E-state index contributed by atoms with van der Waals surface area (Å²) in [5.41, 5.74) is 0.373. The van der Waals surface area contributed by atoms with Crippen LogP contribution in [-0.2, 0) is 17.4 Å². The average molecular weight is 520 g/mol. The highest BCUT2D eigenvalue weighted by molar-refractivity contribution is 6.01. The molecule has 4 rings (SSSR count). The summed E-state index contributed by atoms with van der Waals surface area (Å²) < 4.78 is 44.1. The normalized spacial score (nSPS) is 11.7. The van der Waals surface area contributed by atoms with Crippen molar-refractivity contribution in [3.63, 3.8) is 0 Å². The van der Waals surface area contributed by atoms with Gasteiger partial charge >= 0.3 is 11.9 Å². The molecule has 0 bridgehead atoms. The van der Waals surface area contributed by atoms with E-state index < -0.39 is 28.3 Å². The number of nitro benzene ring substituents is 1. The number of nitrogens with one attached hydrogen (secondary N) is 2. The van der Waals surface area contributed by atoms with Gasteiger partial charge < -0.3 is 15.0 Å². The van der Waals surface area contributed by atoms with Gasteiger partial charge in [-0.25, -0.2) is 0 Å². The lowest BCUT2D eigenvalue weighted by molar-refractivity contribution is -0.385. The molecule has 0 spiro atoms. The molecule has 38 heavy (non-hydrogen) atoms. The number of aromatic nitrogens is 1. The van der Waals surface area contributed by atoms with E-state index in [4.69, 9.17) is 4.74 Å². The maximum atomic E-state index is 12.9. The number of rotatable bonds is 8. The molecule has 1 aromatic heterocycles. The second-order valence-corrected chi connectivity index (χ2v) is 8.14. The molecule has 11 heteroatoms. The van der Waals surface area contributed by atoms with Crippen LogP contribution in [0.1, 0.15) is 16.7 Å². The Kier molecular flexibility index (Phi) is 7.43. The van der Waals surface area contributed by atoms with E-state index in [2.05, 4.69) is 10.3 Å². The van der Waals surface area contributed by atoms with E-state index in [-0.39, 0.29) is 17.1 Å². The highest BCUT2D eigenvalue weighted by Gasteiger charge is 2.33. The first-order valence-corrected chi connectivity index (χ1v) is 11.2. The van der Waals surface area contributed by atoms with E-state index >= 15 is 0 Å². The highest BCUT2D eigenvalue weighted by atomic mass is 19.4. The molecule has 0 saturated heterocycles. The fourth-order valence-electron chi connectivity index (χ4n) is 3.74. The Morgan fingerprint density at radius 3 is 2.55 bits per heavy atom. The number of para-hydroxylation sites is 1. The van der Waals surface area contributed by atoms with Crippen molar-refractivity contribution in [3.05, 3.63) is 105 Å². The number of nitrogens with zero attached hydrogens (tertiary/aromatic N) is 2. The van der Waals surface area contributed by atoms with Gasteiger partial charge in [0.1, 0.15) is 17.4 Å². The van der Waals surface area contributed by atoms with Gasteiger partial charge in [0.25, 0.3) is 5.91 Å². The zero-order valence-corrected chi connectivity index (χ0v) is 19.6. The lowest BCUT2D eigenvalue weighted by Gasteiger charge is -2.10. The van der Waals surface area contributed by atoms with Crippen LogP contribution in [0.5, 0.6) is 11.5 Å². The third-order valence-corrected chi connectivity index (χ3v) is 5.62. The van der Waals surface area contributed by atoms with Crippen LogP contribution in [-0.4, -0.2) is 22.4 Å². The fraction of sp³-hybridized carbons (Fsp3) is 0.111. The van der Waals surface area contributed by atoms with Crippen molar-refractivity contribution < 1.29 is 27.6 Å². The predicted molar refractivity (Wildman–Crippen MR) is 133 cm³/mol. The van der Waals surface area contributed by atoms with Crippen LogP contribution < -0.4 is 10.1 Å². The SMILES string of the molecule is N#C/C(=C/c1ccc(Oc2ccc(C(F)(F)F)cc2[N+](=O)[O-])cc1)C(=O)NCCc1c[nH]c2ccccc12. The number of aromatic amines is 1. The van der Waals surface area contributed by atoms with Gasteiger partial charge in [0.2, 0.25) is 5.75 Å². The first kappa shape index (κ1) is 26.0. The number of nitro groups is 1. The van der Waals surface area contributed by atoms with E-state index in [1.54, 1.807) is 0 Å². The van der Waals surface area contributed by atoms with Gasteiger partial charge in [-0.15, -0.1) is 0 Å². The molecule has 0 aliphatic rings. The summed E-state index contributed by atoms with van der Waals surface area (Å²) in [4.78, 5) is 25.9. The molecule has 192 valence electrons. The van der Waals surface area contributed by atoms with Gasteiger partial charge in [0.15, 0.2) is 0 Å². The summed E-state index contributed by atoms with van der Waals surface area (Å²) in [6, 6.07) is 17.4. The number of H-pyrrole nitrogens is 1. The molecule has 0 atom stereocenters. The second-order valence-electron chi connectivity index (χ2n) is 8.14. The fourth-order valence-corrected chi connectivity index (χ4v) is 3.74. The number of hydrogen-bond acceptors (Lipinski definition) is 5. The molecule has 0 saturated carbocycles. The summed E-state index contributed by atoms with van der Waals surface area (Å²) in [6.45, 7) is 0.318. The number of amides is 1. The topological polar surface area (TPSA) is 121 Å². The number of halogens is 3. The van der Waals surface area contributed by atoms with Crippen LogP contribution >= 0.6 is 0 Å². The van der Waals surface area contributed by atoms with Crippen LogP contribution in [0.25, 0.3) is 17.0 Å². The van der Waals surface area contributed by atoms with Gasteiger partial charge in [0.05, 0.1) is 10.5 Å². The number of benzene rings is 3. The third-order valence-electron chi connectivity index (χ3n) is 5.62. The van der Waals surface area contributed by atoms with Crippen molar-refractivity contribution in [2.45, 2.75) is 12.6 Å². The first-order chi connectivity index (χ1) is 18.2. The number of nitriles is 1. The molecule has 8 nitrogen and oxygen atoms in total. The lowest BCUT2D eigenvalue weighted by Crippen LogP contribution is -2.26. The molecule has 0 fully saturated rings. The van der Waals surface area contributed by atoms with Crippen LogP contribution in [0.2, 0.25) is 0 Å². The molecule has 1 amide bonds. The standard InChI is InChI=1S/C27H19F3N4O4/c28-27(29,30)20-7-10-25(24(14-20)34(36)37)38-21-8-5-17(6-9-21)13-19(15-31)26(35)32-12-11-18-16-33-23-4-2-1-3-22(18)23/h1-10,13-14,16,33H,11-12H2,(H,32,35)/b19-13-. The van der Waals surface area contributed by atoms with Gasteiger partial charge in [-0.1, -0.05) is 30.3 Å². The number of carbonyl (C=O) groups is 1. The van der Waals surface area contributed by atoms with Crippen molar-refractivity contribution in [1.29, 1.82) is 5.26 Å². The Hall–Kier alpha value is -5.11. The second kappa shape index (κ2) is 10.9. The van der Waals surface area contributed by atoms with Gasteiger partial charge in [-0.2, -0.15) is 18.4 Å². The Labute approximate surface area is 214 Å². The van der Waals surface area contributed by atoms with Crippen molar-refractivity contribution >= 4 is 28.6 Å². The van der Waals surface area contributed by atoms with E-state index in [1.165, 1.54) is 30.3 Å². The van der Waals surface area contributed by atoms with Crippen molar-refractivity contribution in [1.82, 2.24) is 10.3 Å². The number of alkyl halides is 3. The quantitative estimate of drug-likeness (QED) is 0.125. The van der Waals surface area contributed by atoms with Crippen molar-refractivity contribution in [2.24, 2.45) is 0 Å². The molecule has 4 aromatic rings. The molecule has 1 heterocycles. The molecule has 2 N–H and O–H groups in total. The monoisotopic (exact) mass is 520 g/mol. The average Bonchev–Trinajstić information content (AvgIpc) is 3.30. The summed E-state index contributed by atoms with van der Waals surface area (Å²) in [5, 5.41) is 24.5. The van der Waals surface area contributed by atoms with E-state index in [0.717, 1.165) is 22.5 Å². The summed E-state index contributed by atoms with van der Waals surface area (Å²) >= 11 is 0. The maximum absolute atomic E-state index is 12.9. The smallest absolute Gasteiger partial charge is 0.416 e. The molecule has 0 aliphatic heterocycles. The molecule has 0 radical (unpaired) electrons. The number of carbonyl (C=O) groups excluding carboxylic acids is 1. The number of fused-ring (bicyclic) bond motifs is 1. The van der Waals surface area contributed by atoms with Gasteiger partial charge in [-0.3, -0.25) is 14.9 Å². The minimum absolute atomic E-state index is 0.117. The number of hydrogen-bond donors (Lipinski definition) is 2. The number of ether oxygens (including phenoxy) is 1. The maximum Gasteiger partial charge on any atom is 0.416 e. The summed E-state index contributed by atoms with van der Waals surface area (Å²) in [5.74, 6) is -0.793. The Morgan fingerprint density at radius 2 is 1.87 bits per heavy atom. The molecular weight excluding hydrogens is 501 g/mol. The van der Waals surface area contributed by atoms with Crippen LogP contribution in [0.3, 0.4) is 0 Å². The predicted octanol–water partition coefficient (Wildman–Crippen LogP) is 6.15. The largest absolute Gasteiger partial charge is 0.450 e. The molecule has 0 aliphatic carbocycles. The van der Waals surface area contributed by atoms with E-state index in [1.807, 2.05) is 36.5 Å². The van der Waals surface area contributed by atoms with Crippen LogP contribution in [0.15, 0.2) is 78.5 Å². The van der Waals surface area contributed by atoms with Gasteiger partial charge in [-0.05, 0) is 54.0 Å². The Bertz CT molecular complexity index is 1570. The zero-order chi connectivity index (χ0) is 27.3. The Morgan fingerprint density at radius 1 is 1.13 bits per heavy atom. The minimum atomic E-state index is -4.74. The van der Waals surface area contributed by atoms with E-state index in [9.17, 15) is 33.3 Å². The molecular formula is C27H19F3N4O4. The van der Waals surface area contributed by atoms with Crippen molar-refractivity contribution in [3.8, 4) is 17.6 Å².